The van der Waals surface area contributed by atoms with Gasteiger partial charge >= 0.3 is 0 Å². The second kappa shape index (κ2) is 4.51. The highest BCUT2D eigenvalue weighted by Crippen LogP contribution is 2.19. The summed E-state index contributed by atoms with van der Waals surface area (Å²) in [6.45, 7) is 0. The van der Waals surface area contributed by atoms with E-state index in [0.717, 1.165) is 22.6 Å². The molecule has 1 atom stereocenters. The molecule has 0 spiro atoms. The van der Waals surface area contributed by atoms with Gasteiger partial charge in [-0.05, 0) is 35.7 Å². The minimum Gasteiger partial charge on any atom is -0.472 e. The summed E-state index contributed by atoms with van der Waals surface area (Å²) < 4.78 is 4.99. The third-order valence-corrected chi connectivity index (χ3v) is 2.55. The lowest BCUT2D eigenvalue weighted by Crippen LogP contribution is -2.12. The van der Waals surface area contributed by atoms with Crippen LogP contribution in [0.25, 0.3) is 0 Å². The van der Waals surface area contributed by atoms with Crippen molar-refractivity contribution in [3.63, 3.8) is 0 Å². The molecule has 0 saturated heterocycles. The van der Waals surface area contributed by atoms with Crippen LogP contribution in [0.4, 0.5) is 0 Å². The molecule has 2 N–H and O–H groups in total. The van der Waals surface area contributed by atoms with Crippen LogP contribution in [0.3, 0.4) is 0 Å². The van der Waals surface area contributed by atoms with Gasteiger partial charge in [-0.2, -0.15) is 0 Å². The van der Waals surface area contributed by atoms with Crippen molar-refractivity contribution in [1.29, 1.82) is 0 Å². The lowest BCUT2D eigenvalue weighted by Gasteiger charge is -2.10. The summed E-state index contributed by atoms with van der Waals surface area (Å²) in [5.41, 5.74) is 8.20. The molecule has 1 heterocycles. The number of halogens is 1. The van der Waals surface area contributed by atoms with Crippen molar-refractivity contribution in [2.45, 2.75) is 12.5 Å². The molecule has 3 heteroatoms. The summed E-state index contributed by atoms with van der Waals surface area (Å²) in [6, 6.07) is 9.51. The van der Waals surface area contributed by atoms with Gasteiger partial charge in [0.05, 0.1) is 12.5 Å². The predicted octanol–water partition coefficient (Wildman–Crippen LogP) is 3.18. The van der Waals surface area contributed by atoms with Crippen LogP contribution in [0, 0.1) is 0 Å². The predicted molar refractivity (Wildman–Crippen MR) is 60.8 cm³/mol. The van der Waals surface area contributed by atoms with E-state index in [2.05, 4.69) is 0 Å². The van der Waals surface area contributed by atoms with Crippen LogP contribution in [-0.4, -0.2) is 0 Å². The minimum atomic E-state index is -0.0405. The van der Waals surface area contributed by atoms with Crippen LogP contribution in [0.2, 0.25) is 5.02 Å². The minimum absolute atomic E-state index is 0.0405. The number of hydrogen-bond acceptors (Lipinski definition) is 2. The molecule has 1 aromatic carbocycles. The molecule has 2 rings (SSSR count). The molecule has 1 unspecified atom stereocenters. The van der Waals surface area contributed by atoms with Gasteiger partial charge in [-0.1, -0.05) is 23.7 Å². The van der Waals surface area contributed by atoms with Crippen LogP contribution in [0.5, 0.6) is 0 Å². The van der Waals surface area contributed by atoms with E-state index in [1.807, 2.05) is 30.3 Å². The maximum absolute atomic E-state index is 6.05. The summed E-state index contributed by atoms with van der Waals surface area (Å²) in [6.07, 6.45) is 4.13. The first-order valence-corrected chi connectivity index (χ1v) is 5.15. The van der Waals surface area contributed by atoms with Gasteiger partial charge < -0.3 is 10.2 Å². The standard InChI is InChI=1S/C12H12ClNO/c13-11-3-1-2-10(7-11)12(14)6-9-4-5-15-8-9/h1-5,7-8,12H,6,14H2. The molecule has 0 fully saturated rings. The molecule has 0 aliphatic rings. The molecule has 15 heavy (non-hydrogen) atoms. The van der Waals surface area contributed by atoms with Gasteiger partial charge in [-0.3, -0.25) is 0 Å². The molecular formula is C12H12ClNO. The Hall–Kier alpha value is -1.25. The molecular weight excluding hydrogens is 210 g/mol. The number of nitrogens with two attached hydrogens (primary N) is 1. The molecule has 0 saturated carbocycles. The van der Waals surface area contributed by atoms with Gasteiger partial charge in [0.25, 0.3) is 0 Å². The lowest BCUT2D eigenvalue weighted by molar-refractivity contribution is 0.561. The summed E-state index contributed by atoms with van der Waals surface area (Å²) in [5, 5.41) is 0.718. The fraction of sp³-hybridized carbons (Fsp3) is 0.167. The van der Waals surface area contributed by atoms with Gasteiger partial charge in [-0.25, -0.2) is 0 Å². The van der Waals surface area contributed by atoms with E-state index in [9.17, 15) is 0 Å². The van der Waals surface area contributed by atoms with Crippen LogP contribution in [-0.2, 0) is 6.42 Å². The quantitative estimate of drug-likeness (QED) is 0.865. The largest absolute Gasteiger partial charge is 0.472 e. The van der Waals surface area contributed by atoms with Crippen molar-refractivity contribution in [3.8, 4) is 0 Å². The van der Waals surface area contributed by atoms with E-state index in [1.165, 1.54) is 0 Å². The second-order valence-electron chi connectivity index (χ2n) is 3.50. The highest BCUT2D eigenvalue weighted by Gasteiger charge is 2.07. The van der Waals surface area contributed by atoms with Crippen LogP contribution >= 0.6 is 11.6 Å². The van der Waals surface area contributed by atoms with Crippen LogP contribution < -0.4 is 5.73 Å². The molecule has 0 aliphatic heterocycles. The fourth-order valence-electron chi connectivity index (χ4n) is 1.52. The van der Waals surface area contributed by atoms with Gasteiger partial charge in [0.15, 0.2) is 0 Å². The maximum Gasteiger partial charge on any atom is 0.0935 e. The van der Waals surface area contributed by atoms with Crippen molar-refractivity contribution < 1.29 is 4.42 Å². The molecule has 0 bridgehead atoms. The Morgan fingerprint density at radius 2 is 2.20 bits per heavy atom. The summed E-state index contributed by atoms with van der Waals surface area (Å²) in [7, 11) is 0. The Bertz CT molecular complexity index is 425. The van der Waals surface area contributed by atoms with Crippen LogP contribution in [0.15, 0.2) is 47.3 Å². The normalized spacial score (nSPS) is 12.7. The van der Waals surface area contributed by atoms with Gasteiger partial charge in [-0.15, -0.1) is 0 Å². The van der Waals surface area contributed by atoms with Crippen molar-refractivity contribution in [3.05, 3.63) is 59.0 Å². The average molecular weight is 222 g/mol. The maximum atomic E-state index is 6.05. The number of furan rings is 1. The monoisotopic (exact) mass is 221 g/mol. The summed E-state index contributed by atoms with van der Waals surface area (Å²) in [4.78, 5) is 0. The zero-order valence-corrected chi connectivity index (χ0v) is 8.95. The van der Waals surface area contributed by atoms with Crippen molar-refractivity contribution >= 4 is 11.6 Å². The number of hydrogen-bond donors (Lipinski definition) is 1. The first-order valence-electron chi connectivity index (χ1n) is 4.78. The van der Waals surface area contributed by atoms with Crippen molar-refractivity contribution in [2.24, 2.45) is 5.73 Å². The van der Waals surface area contributed by atoms with E-state index in [-0.39, 0.29) is 6.04 Å². The Morgan fingerprint density at radius 3 is 2.87 bits per heavy atom. The Balaban J connectivity index is 2.11. The molecule has 0 aliphatic carbocycles. The Labute approximate surface area is 93.7 Å². The topological polar surface area (TPSA) is 39.2 Å². The van der Waals surface area contributed by atoms with E-state index in [4.69, 9.17) is 21.8 Å². The number of benzene rings is 1. The smallest absolute Gasteiger partial charge is 0.0935 e. The van der Waals surface area contributed by atoms with E-state index >= 15 is 0 Å². The molecule has 1 aromatic heterocycles. The van der Waals surface area contributed by atoms with E-state index < -0.39 is 0 Å². The van der Waals surface area contributed by atoms with Gasteiger partial charge in [0.1, 0.15) is 0 Å². The molecule has 0 amide bonds. The highest BCUT2D eigenvalue weighted by molar-refractivity contribution is 6.30. The van der Waals surface area contributed by atoms with E-state index in [0.29, 0.717) is 0 Å². The van der Waals surface area contributed by atoms with Gasteiger partial charge in [0, 0.05) is 11.1 Å². The zero-order chi connectivity index (χ0) is 10.7. The lowest BCUT2D eigenvalue weighted by atomic mass is 10.0. The summed E-state index contributed by atoms with van der Waals surface area (Å²) in [5.74, 6) is 0. The van der Waals surface area contributed by atoms with Gasteiger partial charge in [0.2, 0.25) is 0 Å². The van der Waals surface area contributed by atoms with E-state index in [1.54, 1.807) is 12.5 Å². The molecule has 2 aromatic rings. The molecule has 0 radical (unpaired) electrons. The first kappa shape index (κ1) is 10.3. The zero-order valence-electron chi connectivity index (χ0n) is 8.19. The Morgan fingerprint density at radius 1 is 1.33 bits per heavy atom. The average Bonchev–Trinajstić information content (AvgIpc) is 2.70. The second-order valence-corrected chi connectivity index (χ2v) is 3.93. The SMILES string of the molecule is NC(Cc1ccoc1)c1cccc(Cl)c1. The first-order chi connectivity index (χ1) is 7.25. The van der Waals surface area contributed by atoms with Crippen molar-refractivity contribution in [2.75, 3.05) is 0 Å². The number of rotatable bonds is 3. The molecule has 2 nitrogen and oxygen atoms in total. The Kier molecular flexibility index (Phi) is 3.09. The van der Waals surface area contributed by atoms with Crippen molar-refractivity contribution in [1.82, 2.24) is 0 Å². The fourth-order valence-corrected chi connectivity index (χ4v) is 1.72. The van der Waals surface area contributed by atoms with Crippen LogP contribution in [0.1, 0.15) is 17.2 Å². The third-order valence-electron chi connectivity index (χ3n) is 2.31. The third kappa shape index (κ3) is 2.61. The highest BCUT2D eigenvalue weighted by atomic mass is 35.5. The molecule has 78 valence electrons. The summed E-state index contributed by atoms with van der Waals surface area (Å²) >= 11 is 5.90.